The highest BCUT2D eigenvalue weighted by Crippen LogP contribution is 2.23. The van der Waals surface area contributed by atoms with Crippen LogP contribution < -0.4 is 5.73 Å². The van der Waals surface area contributed by atoms with E-state index >= 15 is 0 Å². The van der Waals surface area contributed by atoms with Crippen LogP contribution in [0.5, 0.6) is 0 Å². The van der Waals surface area contributed by atoms with Crippen molar-refractivity contribution < 1.29 is 0 Å². The van der Waals surface area contributed by atoms with Gasteiger partial charge in [-0.2, -0.15) is 0 Å². The Labute approximate surface area is 122 Å². The van der Waals surface area contributed by atoms with Crippen LogP contribution in [0.2, 0.25) is 0 Å². The summed E-state index contributed by atoms with van der Waals surface area (Å²) >= 11 is 0. The molecule has 0 saturated carbocycles. The zero-order valence-corrected chi connectivity index (χ0v) is 12.5. The van der Waals surface area contributed by atoms with Crippen molar-refractivity contribution in [2.45, 2.75) is 38.4 Å². The number of benzene rings is 1. The molecule has 3 nitrogen and oxygen atoms in total. The summed E-state index contributed by atoms with van der Waals surface area (Å²) in [5, 5.41) is 0. The molecule has 1 unspecified atom stereocenters. The van der Waals surface area contributed by atoms with E-state index in [1.165, 1.54) is 38.0 Å². The number of nitrogens with two attached hydrogens (primary N) is 1. The molecule has 0 spiro atoms. The molecule has 110 valence electrons. The maximum absolute atomic E-state index is 6.24. The Hall–Kier alpha value is -0.900. The Morgan fingerprint density at radius 3 is 2.65 bits per heavy atom. The smallest absolute Gasteiger partial charge is 0.0236 e. The van der Waals surface area contributed by atoms with Gasteiger partial charge in [0.2, 0.25) is 0 Å². The Kier molecular flexibility index (Phi) is 4.39. The molecule has 0 aliphatic carbocycles. The highest BCUT2D eigenvalue weighted by Gasteiger charge is 2.32. The molecule has 2 N–H and O–H groups in total. The molecule has 3 atom stereocenters. The summed E-state index contributed by atoms with van der Waals surface area (Å²) in [4.78, 5) is 5.22. The van der Waals surface area contributed by atoms with Gasteiger partial charge in [0.15, 0.2) is 0 Å². The number of piperidine rings is 1. The van der Waals surface area contributed by atoms with Gasteiger partial charge < -0.3 is 5.73 Å². The monoisotopic (exact) mass is 273 g/mol. The summed E-state index contributed by atoms with van der Waals surface area (Å²) in [6.45, 7) is 8.13. The lowest BCUT2D eigenvalue weighted by Crippen LogP contribution is -2.51. The molecule has 1 aromatic carbocycles. The van der Waals surface area contributed by atoms with Gasteiger partial charge in [0.1, 0.15) is 0 Å². The first kappa shape index (κ1) is 14.1. The number of nitrogens with zero attached hydrogens (tertiary/aromatic N) is 2. The first-order valence-electron chi connectivity index (χ1n) is 7.98. The Bertz CT molecular complexity index is 420. The van der Waals surface area contributed by atoms with Crippen molar-refractivity contribution in [3.8, 4) is 0 Å². The van der Waals surface area contributed by atoms with Crippen molar-refractivity contribution >= 4 is 0 Å². The highest BCUT2D eigenvalue weighted by molar-refractivity contribution is 5.14. The van der Waals surface area contributed by atoms with Gasteiger partial charge in [-0.25, -0.2) is 0 Å². The van der Waals surface area contributed by atoms with Crippen LogP contribution in [0.15, 0.2) is 30.3 Å². The summed E-state index contributed by atoms with van der Waals surface area (Å²) in [6.07, 6.45) is 2.56. The lowest BCUT2D eigenvalue weighted by Gasteiger charge is -2.38. The van der Waals surface area contributed by atoms with Crippen LogP contribution in [0.3, 0.4) is 0 Å². The van der Waals surface area contributed by atoms with Gasteiger partial charge in [0.05, 0.1) is 0 Å². The Morgan fingerprint density at radius 2 is 1.90 bits per heavy atom. The third-order valence-corrected chi connectivity index (χ3v) is 5.06. The molecule has 2 aliphatic heterocycles. The van der Waals surface area contributed by atoms with E-state index in [-0.39, 0.29) is 0 Å². The van der Waals surface area contributed by atoms with Crippen molar-refractivity contribution in [1.82, 2.24) is 9.80 Å². The van der Waals surface area contributed by atoms with Crippen molar-refractivity contribution in [2.24, 2.45) is 11.7 Å². The van der Waals surface area contributed by atoms with Gasteiger partial charge in [-0.15, -0.1) is 0 Å². The molecule has 2 heterocycles. The first-order valence-corrected chi connectivity index (χ1v) is 7.98. The SMILES string of the molecule is C[C@@H]1CCN(C2CCN(Cc3ccccc3)C2)C[C@@H]1N. The molecule has 0 aromatic heterocycles. The molecule has 0 radical (unpaired) electrons. The third kappa shape index (κ3) is 3.22. The quantitative estimate of drug-likeness (QED) is 0.913. The summed E-state index contributed by atoms with van der Waals surface area (Å²) in [5.41, 5.74) is 7.67. The van der Waals surface area contributed by atoms with Crippen LogP contribution >= 0.6 is 0 Å². The van der Waals surface area contributed by atoms with E-state index < -0.39 is 0 Å². The van der Waals surface area contributed by atoms with E-state index in [9.17, 15) is 0 Å². The topological polar surface area (TPSA) is 32.5 Å². The van der Waals surface area contributed by atoms with Gasteiger partial charge in [-0.1, -0.05) is 37.3 Å². The normalized spacial score (nSPS) is 32.6. The minimum Gasteiger partial charge on any atom is -0.326 e. The molecule has 2 saturated heterocycles. The highest BCUT2D eigenvalue weighted by atomic mass is 15.3. The van der Waals surface area contributed by atoms with Crippen molar-refractivity contribution in [3.05, 3.63) is 35.9 Å². The maximum Gasteiger partial charge on any atom is 0.0236 e. The molecule has 0 amide bonds. The standard InChI is InChI=1S/C17H27N3/c1-14-7-10-20(13-17(14)18)16-8-9-19(12-16)11-15-5-3-2-4-6-15/h2-6,14,16-17H,7-13,18H2,1H3/t14-,16?,17+/m1/s1. The Morgan fingerprint density at radius 1 is 1.10 bits per heavy atom. The van der Waals surface area contributed by atoms with E-state index in [1.54, 1.807) is 0 Å². The second-order valence-corrected chi connectivity index (χ2v) is 6.59. The molecule has 0 bridgehead atoms. The van der Waals surface area contributed by atoms with Crippen LogP contribution in [-0.2, 0) is 6.54 Å². The van der Waals surface area contributed by atoms with Crippen LogP contribution in [0.4, 0.5) is 0 Å². The van der Waals surface area contributed by atoms with E-state index in [0.29, 0.717) is 12.0 Å². The van der Waals surface area contributed by atoms with Crippen molar-refractivity contribution in [1.29, 1.82) is 0 Å². The number of hydrogen-bond donors (Lipinski definition) is 1. The van der Waals surface area contributed by atoms with Crippen LogP contribution in [0.1, 0.15) is 25.3 Å². The van der Waals surface area contributed by atoms with Gasteiger partial charge in [0.25, 0.3) is 0 Å². The van der Waals surface area contributed by atoms with Gasteiger partial charge >= 0.3 is 0 Å². The fourth-order valence-corrected chi connectivity index (χ4v) is 3.55. The lowest BCUT2D eigenvalue weighted by atomic mass is 9.93. The summed E-state index contributed by atoms with van der Waals surface area (Å²) in [7, 11) is 0. The zero-order valence-electron chi connectivity index (χ0n) is 12.5. The maximum atomic E-state index is 6.24. The molecular formula is C17H27N3. The fraction of sp³-hybridized carbons (Fsp3) is 0.647. The largest absolute Gasteiger partial charge is 0.326 e. The second kappa shape index (κ2) is 6.25. The van der Waals surface area contributed by atoms with Gasteiger partial charge in [0, 0.05) is 38.3 Å². The van der Waals surface area contributed by atoms with Crippen LogP contribution in [-0.4, -0.2) is 48.1 Å². The molecule has 2 aliphatic rings. The van der Waals surface area contributed by atoms with Crippen LogP contribution in [0.25, 0.3) is 0 Å². The van der Waals surface area contributed by atoms with Crippen molar-refractivity contribution in [3.63, 3.8) is 0 Å². The van der Waals surface area contributed by atoms with Gasteiger partial charge in [-0.05, 0) is 30.9 Å². The minimum absolute atomic E-state index is 0.368. The Balaban J connectivity index is 1.52. The average molecular weight is 273 g/mol. The molecule has 2 fully saturated rings. The first-order chi connectivity index (χ1) is 9.72. The third-order valence-electron chi connectivity index (χ3n) is 5.06. The number of likely N-dealkylation sites (tertiary alicyclic amines) is 2. The average Bonchev–Trinajstić information content (AvgIpc) is 2.91. The predicted molar refractivity (Wildman–Crippen MR) is 83.5 cm³/mol. The number of hydrogen-bond acceptors (Lipinski definition) is 3. The minimum atomic E-state index is 0.368. The van der Waals surface area contributed by atoms with E-state index in [0.717, 1.165) is 19.1 Å². The molecule has 20 heavy (non-hydrogen) atoms. The summed E-state index contributed by atoms with van der Waals surface area (Å²) in [6, 6.07) is 11.9. The van der Waals surface area contributed by atoms with E-state index in [1.807, 2.05) is 0 Å². The molecule has 1 aromatic rings. The van der Waals surface area contributed by atoms with Crippen LogP contribution in [0, 0.1) is 5.92 Å². The fourth-order valence-electron chi connectivity index (χ4n) is 3.55. The molecular weight excluding hydrogens is 246 g/mol. The zero-order chi connectivity index (χ0) is 13.9. The van der Waals surface area contributed by atoms with E-state index in [4.69, 9.17) is 5.73 Å². The summed E-state index contributed by atoms with van der Waals surface area (Å²) < 4.78 is 0. The predicted octanol–water partition coefficient (Wildman–Crippen LogP) is 1.93. The lowest BCUT2D eigenvalue weighted by molar-refractivity contribution is 0.121. The summed E-state index contributed by atoms with van der Waals surface area (Å²) in [5.74, 6) is 0.688. The second-order valence-electron chi connectivity index (χ2n) is 6.59. The van der Waals surface area contributed by atoms with E-state index in [2.05, 4.69) is 47.1 Å². The van der Waals surface area contributed by atoms with Gasteiger partial charge in [-0.3, -0.25) is 9.80 Å². The van der Waals surface area contributed by atoms with Crippen molar-refractivity contribution in [2.75, 3.05) is 26.2 Å². The number of rotatable bonds is 3. The molecule has 3 rings (SSSR count). The molecule has 3 heteroatoms.